The van der Waals surface area contributed by atoms with Crippen LogP contribution in [0.3, 0.4) is 0 Å². The summed E-state index contributed by atoms with van der Waals surface area (Å²) in [5.41, 5.74) is 3.86. The fraction of sp³-hybridized carbons (Fsp3) is 0.474. The van der Waals surface area contributed by atoms with Crippen LogP contribution in [0.25, 0.3) is 0 Å². The van der Waals surface area contributed by atoms with Gasteiger partial charge in [0.1, 0.15) is 0 Å². The lowest BCUT2D eigenvalue weighted by atomic mass is 9.84. The van der Waals surface area contributed by atoms with E-state index in [0.29, 0.717) is 6.54 Å². The Morgan fingerprint density at radius 3 is 2.42 bits per heavy atom. The molecule has 24 heavy (non-hydrogen) atoms. The summed E-state index contributed by atoms with van der Waals surface area (Å²) in [6.07, 6.45) is 4.93. The van der Waals surface area contributed by atoms with Gasteiger partial charge in [-0.2, -0.15) is 5.10 Å². The quantitative estimate of drug-likeness (QED) is 0.633. The highest BCUT2D eigenvalue weighted by Gasteiger charge is 2.20. The normalized spacial score (nSPS) is 12.3. The summed E-state index contributed by atoms with van der Waals surface area (Å²) in [6.45, 7) is 8.19. The molecule has 0 aliphatic rings. The minimum absolute atomic E-state index is 0.0260. The van der Waals surface area contributed by atoms with Crippen molar-refractivity contribution in [3.63, 3.8) is 0 Å². The summed E-state index contributed by atoms with van der Waals surface area (Å²) >= 11 is 0. The molecule has 2 aromatic rings. The predicted octanol–water partition coefficient (Wildman–Crippen LogP) is 2.63. The van der Waals surface area contributed by atoms with Gasteiger partial charge in [0.25, 0.3) is 0 Å². The summed E-state index contributed by atoms with van der Waals surface area (Å²) in [4.78, 5) is 4.30. The van der Waals surface area contributed by atoms with Gasteiger partial charge in [0.05, 0.1) is 6.20 Å². The lowest BCUT2D eigenvalue weighted by Crippen LogP contribution is -2.43. The second kappa shape index (κ2) is 7.99. The summed E-state index contributed by atoms with van der Waals surface area (Å²) < 4.78 is 1.80. The molecule has 1 aromatic carbocycles. The van der Waals surface area contributed by atoms with Crippen LogP contribution in [-0.4, -0.2) is 29.3 Å². The van der Waals surface area contributed by atoms with Gasteiger partial charge in [-0.05, 0) is 17.5 Å². The summed E-state index contributed by atoms with van der Waals surface area (Å²) in [7, 11) is 3.71. The van der Waals surface area contributed by atoms with Crippen molar-refractivity contribution in [2.75, 3.05) is 13.6 Å². The number of nitrogens with zero attached hydrogens (tertiary/aromatic N) is 3. The first-order valence-electron chi connectivity index (χ1n) is 8.46. The first kappa shape index (κ1) is 18.0. The van der Waals surface area contributed by atoms with E-state index in [-0.39, 0.29) is 5.41 Å². The minimum atomic E-state index is 0.0260. The maximum atomic E-state index is 4.30. The topological polar surface area (TPSA) is 54.2 Å². The van der Waals surface area contributed by atoms with E-state index in [4.69, 9.17) is 0 Å². The Morgan fingerprint density at radius 2 is 1.88 bits per heavy atom. The Bertz CT molecular complexity index is 667. The SMILES string of the molecule is CCc1ccc(C(C)(C)CNC(=NC)NCc2cnn(C)c2)cc1. The molecule has 1 heterocycles. The molecule has 0 atom stereocenters. The van der Waals surface area contributed by atoms with E-state index in [1.807, 2.05) is 19.4 Å². The Hall–Kier alpha value is -2.30. The van der Waals surface area contributed by atoms with E-state index >= 15 is 0 Å². The van der Waals surface area contributed by atoms with Gasteiger partial charge in [0.15, 0.2) is 5.96 Å². The molecule has 5 heteroatoms. The summed E-state index contributed by atoms with van der Waals surface area (Å²) in [6, 6.07) is 8.89. The summed E-state index contributed by atoms with van der Waals surface area (Å²) in [5.74, 6) is 0.803. The first-order valence-corrected chi connectivity index (χ1v) is 8.46. The molecule has 0 fully saturated rings. The van der Waals surface area contributed by atoms with Crippen LogP contribution in [0.5, 0.6) is 0 Å². The molecule has 0 saturated heterocycles. The molecule has 0 unspecified atom stereocenters. The number of aromatic nitrogens is 2. The van der Waals surface area contributed by atoms with E-state index in [1.54, 1.807) is 11.7 Å². The van der Waals surface area contributed by atoms with Crippen molar-refractivity contribution in [1.29, 1.82) is 0 Å². The fourth-order valence-electron chi connectivity index (χ4n) is 2.57. The molecule has 2 rings (SSSR count). The Labute approximate surface area is 145 Å². The van der Waals surface area contributed by atoms with Gasteiger partial charge in [-0.1, -0.05) is 45.0 Å². The van der Waals surface area contributed by atoms with Crippen LogP contribution in [0.2, 0.25) is 0 Å². The Morgan fingerprint density at radius 1 is 1.17 bits per heavy atom. The zero-order valence-electron chi connectivity index (χ0n) is 15.4. The third kappa shape index (κ3) is 4.85. The third-order valence-electron chi connectivity index (χ3n) is 4.28. The molecule has 0 aliphatic heterocycles. The van der Waals surface area contributed by atoms with Crippen LogP contribution in [0, 0.1) is 0 Å². The average Bonchev–Trinajstić information content (AvgIpc) is 3.00. The molecular weight excluding hydrogens is 298 g/mol. The van der Waals surface area contributed by atoms with Crippen molar-refractivity contribution in [3.05, 3.63) is 53.3 Å². The number of aliphatic imine (C=N–C) groups is 1. The fourth-order valence-corrected chi connectivity index (χ4v) is 2.57. The Kier molecular flexibility index (Phi) is 6.01. The minimum Gasteiger partial charge on any atom is -0.356 e. The highest BCUT2D eigenvalue weighted by atomic mass is 15.2. The van der Waals surface area contributed by atoms with E-state index in [9.17, 15) is 0 Å². The number of aryl methyl sites for hydroxylation is 2. The smallest absolute Gasteiger partial charge is 0.191 e. The van der Waals surface area contributed by atoms with Gasteiger partial charge in [0, 0.05) is 44.4 Å². The number of hydrogen-bond donors (Lipinski definition) is 2. The van der Waals surface area contributed by atoms with Gasteiger partial charge in [0.2, 0.25) is 0 Å². The summed E-state index contributed by atoms with van der Waals surface area (Å²) in [5, 5.41) is 10.9. The highest BCUT2D eigenvalue weighted by Crippen LogP contribution is 2.22. The number of nitrogens with one attached hydrogen (secondary N) is 2. The maximum Gasteiger partial charge on any atom is 0.191 e. The van der Waals surface area contributed by atoms with Crippen LogP contribution in [0.15, 0.2) is 41.7 Å². The Balaban J connectivity index is 1.90. The third-order valence-corrected chi connectivity index (χ3v) is 4.28. The van der Waals surface area contributed by atoms with Gasteiger partial charge in [-0.25, -0.2) is 0 Å². The standard InChI is InChI=1S/C19H29N5/c1-6-15-7-9-17(10-8-15)19(2,3)14-22-18(20-4)21-11-16-12-23-24(5)13-16/h7-10,12-13H,6,11,14H2,1-5H3,(H2,20,21,22). The molecule has 0 bridgehead atoms. The lowest BCUT2D eigenvalue weighted by Gasteiger charge is -2.27. The van der Waals surface area contributed by atoms with Crippen LogP contribution >= 0.6 is 0 Å². The molecule has 130 valence electrons. The number of guanidine groups is 1. The highest BCUT2D eigenvalue weighted by molar-refractivity contribution is 5.79. The monoisotopic (exact) mass is 327 g/mol. The number of rotatable bonds is 6. The zero-order chi connectivity index (χ0) is 17.6. The molecular formula is C19H29N5. The molecule has 0 radical (unpaired) electrons. The molecule has 1 aromatic heterocycles. The van der Waals surface area contributed by atoms with Crippen molar-refractivity contribution in [1.82, 2.24) is 20.4 Å². The van der Waals surface area contributed by atoms with Gasteiger partial charge >= 0.3 is 0 Å². The van der Waals surface area contributed by atoms with Crippen LogP contribution < -0.4 is 10.6 Å². The lowest BCUT2D eigenvalue weighted by molar-refractivity contribution is 0.508. The molecule has 0 amide bonds. The van der Waals surface area contributed by atoms with Crippen LogP contribution in [-0.2, 0) is 25.4 Å². The van der Waals surface area contributed by atoms with Crippen molar-refractivity contribution in [2.24, 2.45) is 12.0 Å². The van der Waals surface area contributed by atoms with Crippen LogP contribution in [0.4, 0.5) is 0 Å². The average molecular weight is 327 g/mol. The second-order valence-electron chi connectivity index (χ2n) is 6.74. The molecule has 0 spiro atoms. The maximum absolute atomic E-state index is 4.30. The number of hydrogen-bond acceptors (Lipinski definition) is 2. The van der Waals surface area contributed by atoms with Crippen molar-refractivity contribution in [3.8, 4) is 0 Å². The molecule has 0 saturated carbocycles. The van der Waals surface area contributed by atoms with E-state index < -0.39 is 0 Å². The molecule has 5 nitrogen and oxygen atoms in total. The van der Waals surface area contributed by atoms with E-state index in [2.05, 4.69) is 65.8 Å². The first-order chi connectivity index (χ1) is 11.4. The van der Waals surface area contributed by atoms with E-state index in [1.165, 1.54) is 11.1 Å². The molecule has 0 aliphatic carbocycles. The van der Waals surface area contributed by atoms with Gasteiger partial charge < -0.3 is 10.6 Å². The van der Waals surface area contributed by atoms with Crippen molar-refractivity contribution in [2.45, 2.75) is 39.2 Å². The second-order valence-corrected chi connectivity index (χ2v) is 6.74. The predicted molar refractivity (Wildman–Crippen MR) is 100 cm³/mol. The van der Waals surface area contributed by atoms with Crippen LogP contribution in [0.1, 0.15) is 37.5 Å². The number of benzene rings is 1. The van der Waals surface area contributed by atoms with Crippen molar-refractivity contribution < 1.29 is 0 Å². The van der Waals surface area contributed by atoms with Gasteiger partial charge in [-0.3, -0.25) is 9.67 Å². The zero-order valence-corrected chi connectivity index (χ0v) is 15.4. The van der Waals surface area contributed by atoms with Gasteiger partial charge in [-0.15, -0.1) is 0 Å². The largest absolute Gasteiger partial charge is 0.356 e. The molecule has 2 N–H and O–H groups in total. The van der Waals surface area contributed by atoms with E-state index in [0.717, 1.165) is 24.5 Å². The van der Waals surface area contributed by atoms with Crippen molar-refractivity contribution >= 4 is 5.96 Å².